The summed E-state index contributed by atoms with van der Waals surface area (Å²) in [6.07, 6.45) is 16.3. The fraction of sp³-hybridized carbons (Fsp3) is 0.120. The number of ether oxygens (including phenoxy) is 1. The summed E-state index contributed by atoms with van der Waals surface area (Å²) in [4.78, 5) is 21.4. The van der Waals surface area contributed by atoms with Crippen LogP contribution >= 0.6 is 0 Å². The maximum Gasteiger partial charge on any atom is 0.227 e. The van der Waals surface area contributed by atoms with Crippen molar-refractivity contribution in [3.05, 3.63) is 90.7 Å². The number of aromatic nitrogens is 7. The molecule has 3 heterocycles. The maximum atomic E-state index is 5.96. The van der Waals surface area contributed by atoms with Gasteiger partial charge in [0.25, 0.3) is 0 Å². The van der Waals surface area contributed by atoms with Gasteiger partial charge in [-0.15, -0.1) is 6.42 Å². The highest BCUT2D eigenvalue weighted by Gasteiger charge is 2.09. The van der Waals surface area contributed by atoms with Gasteiger partial charge in [0, 0.05) is 48.3 Å². The molecule has 5 rings (SSSR count). The summed E-state index contributed by atoms with van der Waals surface area (Å²) in [6, 6.07) is 11.7. The molecule has 9 nitrogen and oxygen atoms in total. The van der Waals surface area contributed by atoms with E-state index in [0.717, 1.165) is 27.8 Å². The second kappa shape index (κ2) is 9.75. The van der Waals surface area contributed by atoms with Crippen molar-refractivity contribution in [1.29, 1.82) is 0 Å². The van der Waals surface area contributed by atoms with Crippen molar-refractivity contribution < 1.29 is 4.74 Å². The van der Waals surface area contributed by atoms with Crippen molar-refractivity contribution in [2.75, 3.05) is 11.9 Å². The van der Waals surface area contributed by atoms with Gasteiger partial charge < -0.3 is 10.1 Å². The number of rotatable bonds is 8. The van der Waals surface area contributed by atoms with Crippen LogP contribution in [0.1, 0.15) is 16.8 Å². The highest BCUT2D eigenvalue weighted by Crippen LogP contribution is 2.26. The van der Waals surface area contributed by atoms with Gasteiger partial charge in [0.1, 0.15) is 18.4 Å². The Balaban J connectivity index is 1.33. The molecular weight excluding hydrogens is 428 g/mol. The van der Waals surface area contributed by atoms with Gasteiger partial charge in [-0.25, -0.2) is 19.6 Å². The number of nitrogens with zero attached hydrogens (tertiary/aromatic N) is 7. The van der Waals surface area contributed by atoms with E-state index >= 15 is 0 Å². The standard InChI is InChI=1S/C25H20N8O/c1-2-19-11-20-13-29-25(31-21-5-3-4-18(10-21)15-33-17-27-16-30-33)32-23(20)12-24(19)34-9-6-22-14-26-7-8-28-22/h1,3-5,7-8,10-14,16-17H,6,9,15H2,(H,29,31,32). The topological polar surface area (TPSA) is 104 Å². The van der Waals surface area contributed by atoms with Crippen LogP contribution in [0.25, 0.3) is 10.9 Å². The van der Waals surface area contributed by atoms with Gasteiger partial charge in [-0.2, -0.15) is 5.10 Å². The molecule has 0 bridgehead atoms. The monoisotopic (exact) mass is 448 g/mol. The molecule has 1 N–H and O–H groups in total. The van der Waals surface area contributed by atoms with Gasteiger partial charge in [0.05, 0.1) is 29.9 Å². The minimum absolute atomic E-state index is 0.424. The second-order valence-corrected chi connectivity index (χ2v) is 7.46. The summed E-state index contributed by atoms with van der Waals surface area (Å²) in [5.74, 6) is 3.75. The van der Waals surface area contributed by atoms with Gasteiger partial charge in [0.15, 0.2) is 0 Å². The van der Waals surface area contributed by atoms with Gasteiger partial charge in [-0.1, -0.05) is 18.1 Å². The minimum Gasteiger partial charge on any atom is -0.492 e. The zero-order valence-corrected chi connectivity index (χ0v) is 18.2. The SMILES string of the molecule is C#Cc1cc2cnc(Nc3cccc(Cn4cncn4)c3)nc2cc1OCCc1cnccn1. The Hall–Kier alpha value is -4.84. The summed E-state index contributed by atoms with van der Waals surface area (Å²) >= 11 is 0. The zero-order chi connectivity index (χ0) is 23.2. The normalized spacial score (nSPS) is 10.7. The van der Waals surface area contributed by atoms with Gasteiger partial charge >= 0.3 is 0 Å². The van der Waals surface area contributed by atoms with Crippen LogP contribution in [0.4, 0.5) is 11.6 Å². The lowest BCUT2D eigenvalue weighted by Crippen LogP contribution is -2.05. The number of hydrogen-bond acceptors (Lipinski definition) is 8. The zero-order valence-electron chi connectivity index (χ0n) is 18.2. The van der Waals surface area contributed by atoms with Gasteiger partial charge in [-0.05, 0) is 23.8 Å². The van der Waals surface area contributed by atoms with Gasteiger partial charge in [0.2, 0.25) is 5.95 Å². The largest absolute Gasteiger partial charge is 0.492 e. The lowest BCUT2D eigenvalue weighted by Gasteiger charge is -2.11. The Labute approximate surface area is 195 Å². The fourth-order valence-corrected chi connectivity index (χ4v) is 3.45. The minimum atomic E-state index is 0.424. The summed E-state index contributed by atoms with van der Waals surface area (Å²) in [7, 11) is 0. The van der Waals surface area contributed by atoms with Crippen molar-refractivity contribution >= 4 is 22.5 Å². The first-order valence-electron chi connectivity index (χ1n) is 10.6. The van der Waals surface area contributed by atoms with E-state index in [1.165, 1.54) is 6.33 Å². The Kier molecular flexibility index (Phi) is 6.03. The summed E-state index contributed by atoms with van der Waals surface area (Å²) < 4.78 is 7.72. The molecule has 0 fully saturated rings. The highest BCUT2D eigenvalue weighted by molar-refractivity contribution is 5.83. The predicted molar refractivity (Wildman–Crippen MR) is 128 cm³/mol. The molecule has 0 saturated carbocycles. The molecule has 0 aliphatic heterocycles. The lowest BCUT2D eigenvalue weighted by molar-refractivity contribution is 0.320. The smallest absolute Gasteiger partial charge is 0.227 e. The summed E-state index contributed by atoms with van der Waals surface area (Å²) in [6.45, 7) is 1.05. The van der Waals surface area contributed by atoms with Crippen LogP contribution < -0.4 is 10.1 Å². The summed E-state index contributed by atoms with van der Waals surface area (Å²) in [5, 5.41) is 8.25. The van der Waals surface area contributed by atoms with Crippen molar-refractivity contribution in [3.8, 4) is 18.1 Å². The van der Waals surface area contributed by atoms with Crippen molar-refractivity contribution in [1.82, 2.24) is 34.7 Å². The Bertz CT molecular complexity index is 1450. The average molecular weight is 448 g/mol. The second-order valence-electron chi connectivity index (χ2n) is 7.46. The number of terminal acetylenes is 1. The third kappa shape index (κ3) is 4.97. The molecule has 0 unspecified atom stereocenters. The number of nitrogens with one attached hydrogen (secondary N) is 1. The van der Waals surface area contributed by atoms with Crippen LogP contribution in [-0.2, 0) is 13.0 Å². The van der Waals surface area contributed by atoms with Crippen LogP contribution in [0.2, 0.25) is 0 Å². The third-order valence-electron chi connectivity index (χ3n) is 5.06. The van der Waals surface area contributed by atoms with E-state index in [0.29, 0.717) is 36.8 Å². The first-order valence-corrected chi connectivity index (χ1v) is 10.6. The molecule has 34 heavy (non-hydrogen) atoms. The van der Waals surface area contributed by atoms with Crippen molar-refractivity contribution in [3.63, 3.8) is 0 Å². The summed E-state index contributed by atoms with van der Waals surface area (Å²) in [5.41, 5.74) is 4.18. The molecule has 0 saturated heterocycles. The molecule has 166 valence electrons. The molecule has 0 spiro atoms. The van der Waals surface area contributed by atoms with E-state index in [2.05, 4.69) is 41.3 Å². The van der Waals surface area contributed by atoms with Crippen LogP contribution in [0.5, 0.6) is 5.75 Å². The van der Waals surface area contributed by atoms with E-state index < -0.39 is 0 Å². The van der Waals surface area contributed by atoms with E-state index in [-0.39, 0.29) is 0 Å². The molecule has 0 atom stereocenters. The molecule has 5 aromatic rings. The van der Waals surface area contributed by atoms with Gasteiger partial charge in [-0.3, -0.25) is 9.97 Å². The van der Waals surface area contributed by atoms with E-state index in [1.54, 1.807) is 35.8 Å². The first-order chi connectivity index (χ1) is 16.8. The number of anilines is 2. The lowest BCUT2D eigenvalue weighted by atomic mass is 10.1. The first kappa shape index (κ1) is 21.0. The Morgan fingerprint density at radius 1 is 1.06 bits per heavy atom. The highest BCUT2D eigenvalue weighted by atomic mass is 16.5. The average Bonchev–Trinajstić information content (AvgIpc) is 3.37. The Morgan fingerprint density at radius 2 is 2.03 bits per heavy atom. The van der Waals surface area contributed by atoms with E-state index in [1.807, 2.05) is 36.4 Å². The molecule has 3 aromatic heterocycles. The predicted octanol–water partition coefficient (Wildman–Crippen LogP) is 3.41. The van der Waals surface area contributed by atoms with E-state index in [4.69, 9.17) is 11.2 Å². The molecule has 0 aliphatic carbocycles. The number of hydrogen-bond donors (Lipinski definition) is 1. The molecule has 9 heteroatoms. The van der Waals surface area contributed by atoms with Crippen LogP contribution in [0.15, 0.2) is 73.8 Å². The van der Waals surface area contributed by atoms with Crippen LogP contribution in [-0.4, -0.2) is 41.3 Å². The maximum absolute atomic E-state index is 5.96. The van der Waals surface area contributed by atoms with E-state index in [9.17, 15) is 0 Å². The third-order valence-corrected chi connectivity index (χ3v) is 5.06. The fourth-order valence-electron chi connectivity index (χ4n) is 3.45. The molecule has 0 amide bonds. The Morgan fingerprint density at radius 3 is 2.85 bits per heavy atom. The van der Waals surface area contributed by atoms with Crippen molar-refractivity contribution in [2.45, 2.75) is 13.0 Å². The number of benzene rings is 2. The van der Waals surface area contributed by atoms with Crippen LogP contribution in [0.3, 0.4) is 0 Å². The molecule has 0 aliphatic rings. The number of fused-ring (bicyclic) bond motifs is 1. The quantitative estimate of drug-likeness (QED) is 0.360. The molecule has 0 radical (unpaired) electrons. The van der Waals surface area contributed by atoms with Crippen LogP contribution in [0, 0.1) is 12.3 Å². The molecule has 2 aromatic carbocycles. The molecular formula is C25H20N8O. The van der Waals surface area contributed by atoms with Crippen molar-refractivity contribution in [2.24, 2.45) is 0 Å².